The number of aliphatic hydroxyl groups excluding tert-OH is 1. The van der Waals surface area contributed by atoms with Crippen molar-refractivity contribution in [3.05, 3.63) is 0 Å². The number of hydrogen-bond donors (Lipinski definition) is 2. The molecule has 18 heavy (non-hydrogen) atoms. The maximum absolute atomic E-state index is 10.5. The summed E-state index contributed by atoms with van der Waals surface area (Å²) in [7, 11) is 0. The number of carbonyl (C=O) groups excluding carboxylic acids is 1. The van der Waals surface area contributed by atoms with Gasteiger partial charge in [-0.25, -0.2) is 4.79 Å². The van der Waals surface area contributed by atoms with Crippen molar-refractivity contribution in [3.63, 3.8) is 0 Å². The van der Waals surface area contributed by atoms with E-state index < -0.39 is 12.1 Å². The van der Waals surface area contributed by atoms with Crippen molar-refractivity contribution in [2.75, 3.05) is 13.2 Å². The van der Waals surface area contributed by atoms with Gasteiger partial charge in [0.2, 0.25) is 0 Å². The molecule has 0 saturated heterocycles. The normalized spacial score (nSPS) is 12.9. The van der Waals surface area contributed by atoms with Crippen LogP contribution in [0, 0.1) is 0 Å². The van der Waals surface area contributed by atoms with Crippen LogP contribution in [0.1, 0.15) is 40.5 Å². The molecular weight excluding hydrogens is 240 g/mol. The van der Waals surface area contributed by atoms with Gasteiger partial charge >= 0.3 is 11.9 Å². The molecule has 0 aromatic carbocycles. The van der Waals surface area contributed by atoms with Gasteiger partial charge in [-0.2, -0.15) is 0 Å². The molecule has 0 aliphatic heterocycles. The van der Waals surface area contributed by atoms with Crippen molar-refractivity contribution in [2.45, 2.75) is 52.7 Å². The van der Waals surface area contributed by atoms with Crippen LogP contribution in [0.2, 0.25) is 0 Å². The lowest BCUT2D eigenvalue weighted by atomic mass is 10.3. The van der Waals surface area contributed by atoms with E-state index in [0.29, 0.717) is 6.61 Å². The monoisotopic (exact) mass is 264 g/mol. The molecule has 0 fully saturated rings. The summed E-state index contributed by atoms with van der Waals surface area (Å²) in [4.78, 5) is 19.9. The standard InChI is InChI=1S/C9H18O3.C3H6O3/c1-4-5-6-11-7-8(2)12-9(3)10;1-2(4)3(5)6/h8H,4-7H2,1-3H3;2,4H,1H3,(H,5,6). The van der Waals surface area contributed by atoms with Gasteiger partial charge < -0.3 is 19.7 Å². The second-order valence-electron chi connectivity index (χ2n) is 3.86. The van der Waals surface area contributed by atoms with Crippen LogP contribution in [0.15, 0.2) is 0 Å². The van der Waals surface area contributed by atoms with E-state index in [2.05, 4.69) is 6.92 Å². The van der Waals surface area contributed by atoms with Crippen LogP contribution < -0.4 is 0 Å². The summed E-state index contributed by atoms with van der Waals surface area (Å²) in [5, 5.41) is 15.8. The Bertz CT molecular complexity index is 227. The lowest BCUT2D eigenvalue weighted by Gasteiger charge is -2.11. The van der Waals surface area contributed by atoms with Gasteiger partial charge in [-0.15, -0.1) is 0 Å². The van der Waals surface area contributed by atoms with Crippen molar-refractivity contribution in [2.24, 2.45) is 0 Å². The molecule has 0 aromatic heterocycles. The molecule has 2 atom stereocenters. The van der Waals surface area contributed by atoms with Crippen molar-refractivity contribution in [1.82, 2.24) is 0 Å². The molecule has 0 bridgehead atoms. The third-order valence-electron chi connectivity index (χ3n) is 1.72. The van der Waals surface area contributed by atoms with Crippen molar-refractivity contribution < 1.29 is 29.3 Å². The average Bonchev–Trinajstić information content (AvgIpc) is 2.24. The minimum absolute atomic E-state index is 0.126. The highest BCUT2D eigenvalue weighted by atomic mass is 16.6. The number of hydrogen-bond acceptors (Lipinski definition) is 5. The second-order valence-corrected chi connectivity index (χ2v) is 3.86. The first-order valence-electron chi connectivity index (χ1n) is 5.97. The van der Waals surface area contributed by atoms with Gasteiger partial charge in [-0.05, 0) is 20.3 Å². The summed E-state index contributed by atoms with van der Waals surface area (Å²) in [5.74, 6) is -1.43. The first kappa shape index (κ1) is 19.2. The number of aliphatic hydroxyl groups is 1. The molecule has 2 N–H and O–H groups in total. The largest absolute Gasteiger partial charge is 0.479 e. The van der Waals surface area contributed by atoms with Gasteiger partial charge in [0.05, 0.1) is 6.61 Å². The molecule has 108 valence electrons. The molecule has 0 aliphatic carbocycles. The van der Waals surface area contributed by atoms with Crippen LogP contribution in [0.25, 0.3) is 0 Å². The maximum Gasteiger partial charge on any atom is 0.332 e. The van der Waals surface area contributed by atoms with Crippen molar-refractivity contribution in [1.29, 1.82) is 0 Å². The Labute approximate surface area is 108 Å². The molecule has 6 nitrogen and oxygen atoms in total. The Morgan fingerprint density at radius 1 is 1.28 bits per heavy atom. The Hall–Kier alpha value is -1.14. The van der Waals surface area contributed by atoms with Gasteiger partial charge in [0.1, 0.15) is 12.2 Å². The molecule has 0 heterocycles. The number of carboxylic acids is 1. The van der Waals surface area contributed by atoms with Crippen LogP contribution in [-0.2, 0) is 19.1 Å². The minimum Gasteiger partial charge on any atom is -0.479 e. The summed E-state index contributed by atoms with van der Waals surface area (Å²) in [6.45, 7) is 7.79. The highest BCUT2D eigenvalue weighted by Gasteiger charge is 2.04. The van der Waals surface area contributed by atoms with Crippen LogP contribution in [0.4, 0.5) is 0 Å². The molecule has 0 rings (SSSR count). The number of unbranched alkanes of at least 4 members (excludes halogenated alkanes) is 1. The maximum atomic E-state index is 10.5. The molecule has 6 heteroatoms. The van der Waals surface area contributed by atoms with E-state index in [4.69, 9.17) is 19.7 Å². The first-order valence-corrected chi connectivity index (χ1v) is 5.97. The number of aliphatic carboxylic acids is 1. The number of carbonyl (C=O) groups is 2. The highest BCUT2D eigenvalue weighted by Crippen LogP contribution is 1.94. The van der Waals surface area contributed by atoms with Crippen molar-refractivity contribution >= 4 is 11.9 Å². The first-order chi connectivity index (χ1) is 8.31. The topological polar surface area (TPSA) is 93.1 Å². The molecule has 0 saturated carbocycles. The van der Waals surface area contributed by atoms with Gasteiger partial charge in [0.15, 0.2) is 0 Å². The predicted octanol–water partition coefficient (Wildman–Crippen LogP) is 1.21. The molecule has 0 radical (unpaired) electrons. The molecular formula is C12H24O6. The zero-order valence-corrected chi connectivity index (χ0v) is 11.5. The average molecular weight is 264 g/mol. The van der Waals surface area contributed by atoms with Crippen molar-refractivity contribution in [3.8, 4) is 0 Å². The fourth-order valence-corrected chi connectivity index (χ4v) is 0.813. The SMILES string of the molecule is CC(O)C(=O)O.CCCCOCC(C)OC(C)=O. The van der Waals surface area contributed by atoms with E-state index in [1.165, 1.54) is 13.8 Å². The number of esters is 1. The fraction of sp³-hybridized carbons (Fsp3) is 0.833. The summed E-state index contributed by atoms with van der Waals surface area (Å²) >= 11 is 0. The Kier molecular flexibility index (Phi) is 13.1. The predicted molar refractivity (Wildman–Crippen MR) is 66.3 cm³/mol. The van der Waals surface area contributed by atoms with Crippen LogP contribution >= 0.6 is 0 Å². The smallest absolute Gasteiger partial charge is 0.332 e. The van der Waals surface area contributed by atoms with Crippen LogP contribution in [0.5, 0.6) is 0 Å². The van der Waals surface area contributed by atoms with Gasteiger partial charge in [0, 0.05) is 13.5 Å². The zero-order valence-electron chi connectivity index (χ0n) is 11.5. The summed E-state index contributed by atoms with van der Waals surface area (Å²) in [6, 6.07) is 0. The number of carboxylic acid groups (broad SMARTS) is 1. The summed E-state index contributed by atoms with van der Waals surface area (Å²) < 4.78 is 10.1. The number of ether oxygens (including phenoxy) is 2. The minimum atomic E-state index is -1.23. The Morgan fingerprint density at radius 3 is 2.11 bits per heavy atom. The van der Waals surface area contributed by atoms with E-state index in [0.717, 1.165) is 19.4 Å². The lowest BCUT2D eigenvalue weighted by molar-refractivity contribution is -0.148. The third kappa shape index (κ3) is 17.3. The second kappa shape index (κ2) is 12.3. The lowest BCUT2D eigenvalue weighted by Crippen LogP contribution is -2.18. The van der Waals surface area contributed by atoms with Gasteiger partial charge in [-0.1, -0.05) is 13.3 Å². The van der Waals surface area contributed by atoms with E-state index in [1.807, 2.05) is 6.92 Å². The van der Waals surface area contributed by atoms with Crippen LogP contribution in [0.3, 0.4) is 0 Å². The van der Waals surface area contributed by atoms with Gasteiger partial charge in [0.25, 0.3) is 0 Å². The van der Waals surface area contributed by atoms with E-state index in [9.17, 15) is 9.59 Å². The van der Waals surface area contributed by atoms with Gasteiger partial charge in [-0.3, -0.25) is 4.79 Å². The van der Waals surface area contributed by atoms with E-state index in [1.54, 1.807) is 0 Å². The molecule has 2 unspecified atom stereocenters. The Morgan fingerprint density at radius 2 is 1.78 bits per heavy atom. The Balaban J connectivity index is 0. The third-order valence-corrected chi connectivity index (χ3v) is 1.72. The summed E-state index contributed by atoms with van der Waals surface area (Å²) in [6.07, 6.45) is 0.832. The fourth-order valence-electron chi connectivity index (χ4n) is 0.813. The molecule has 0 amide bonds. The highest BCUT2D eigenvalue weighted by molar-refractivity contribution is 5.71. The molecule has 0 aromatic rings. The molecule has 0 aliphatic rings. The van der Waals surface area contributed by atoms with E-state index in [-0.39, 0.29) is 12.1 Å². The summed E-state index contributed by atoms with van der Waals surface area (Å²) in [5.41, 5.74) is 0. The zero-order chi connectivity index (χ0) is 14.6. The number of rotatable bonds is 7. The van der Waals surface area contributed by atoms with E-state index >= 15 is 0 Å². The molecule has 0 spiro atoms. The van der Waals surface area contributed by atoms with Crippen LogP contribution in [-0.4, -0.2) is 47.6 Å². The quantitative estimate of drug-likeness (QED) is 0.530.